The Morgan fingerprint density at radius 1 is 1.31 bits per heavy atom. The molecular formula is C10H14BrNO. The van der Waals surface area contributed by atoms with E-state index in [9.17, 15) is 0 Å². The van der Waals surface area contributed by atoms with Crippen LogP contribution in [0.15, 0.2) is 21.2 Å². The summed E-state index contributed by atoms with van der Waals surface area (Å²) in [7, 11) is 0. The van der Waals surface area contributed by atoms with Gasteiger partial charge < -0.3 is 4.42 Å². The van der Waals surface area contributed by atoms with Crippen LogP contribution in [0.25, 0.3) is 0 Å². The monoisotopic (exact) mass is 243 g/mol. The van der Waals surface area contributed by atoms with Gasteiger partial charge in [-0.3, -0.25) is 4.90 Å². The summed E-state index contributed by atoms with van der Waals surface area (Å²) in [5, 5.41) is 0. The van der Waals surface area contributed by atoms with Gasteiger partial charge in [0.15, 0.2) is 0 Å². The molecule has 0 amide bonds. The topological polar surface area (TPSA) is 16.4 Å². The zero-order valence-corrected chi connectivity index (χ0v) is 9.22. The molecule has 0 aliphatic carbocycles. The van der Waals surface area contributed by atoms with Crippen molar-refractivity contribution in [2.24, 2.45) is 0 Å². The smallest absolute Gasteiger partial charge is 0.118 e. The van der Waals surface area contributed by atoms with E-state index >= 15 is 0 Å². The van der Waals surface area contributed by atoms with E-state index in [1.807, 2.05) is 0 Å². The van der Waals surface area contributed by atoms with Gasteiger partial charge in [0.2, 0.25) is 0 Å². The van der Waals surface area contributed by atoms with Gasteiger partial charge in [0, 0.05) is 0 Å². The molecule has 1 aliphatic heterocycles. The largest absolute Gasteiger partial charge is 0.467 e. The molecule has 2 rings (SSSR count). The Balaban J connectivity index is 1.89. The molecule has 13 heavy (non-hydrogen) atoms. The maximum atomic E-state index is 5.38. The first kappa shape index (κ1) is 9.28. The van der Waals surface area contributed by atoms with E-state index in [-0.39, 0.29) is 0 Å². The predicted octanol–water partition coefficient (Wildman–Crippen LogP) is 3.03. The molecule has 1 aromatic heterocycles. The first-order valence-corrected chi connectivity index (χ1v) is 5.59. The lowest BCUT2D eigenvalue weighted by molar-refractivity contribution is 0.205. The van der Waals surface area contributed by atoms with Crippen molar-refractivity contribution in [2.45, 2.75) is 25.8 Å². The van der Waals surface area contributed by atoms with Gasteiger partial charge >= 0.3 is 0 Å². The minimum Gasteiger partial charge on any atom is -0.467 e. The van der Waals surface area contributed by atoms with E-state index in [1.165, 1.54) is 32.4 Å². The molecule has 2 nitrogen and oxygen atoms in total. The van der Waals surface area contributed by atoms with Crippen LogP contribution in [0.2, 0.25) is 0 Å². The Morgan fingerprint density at radius 3 is 2.69 bits per heavy atom. The van der Waals surface area contributed by atoms with Crippen molar-refractivity contribution >= 4 is 15.9 Å². The van der Waals surface area contributed by atoms with Crippen LogP contribution in [-0.4, -0.2) is 18.0 Å². The van der Waals surface area contributed by atoms with Crippen LogP contribution < -0.4 is 0 Å². The van der Waals surface area contributed by atoms with Crippen LogP contribution in [0.5, 0.6) is 0 Å². The molecule has 1 saturated heterocycles. The van der Waals surface area contributed by atoms with E-state index in [2.05, 4.69) is 26.9 Å². The fraction of sp³-hybridized carbons (Fsp3) is 0.600. The van der Waals surface area contributed by atoms with Crippen molar-refractivity contribution in [2.75, 3.05) is 13.1 Å². The number of hydrogen-bond acceptors (Lipinski definition) is 2. The van der Waals surface area contributed by atoms with E-state index in [1.54, 1.807) is 6.26 Å². The second-order valence-electron chi connectivity index (χ2n) is 3.57. The van der Waals surface area contributed by atoms with Crippen molar-refractivity contribution in [3.63, 3.8) is 0 Å². The van der Waals surface area contributed by atoms with Gasteiger partial charge in [0.1, 0.15) is 12.0 Å². The van der Waals surface area contributed by atoms with Gasteiger partial charge in [-0.1, -0.05) is 6.42 Å². The zero-order chi connectivity index (χ0) is 9.10. The number of furan rings is 1. The van der Waals surface area contributed by atoms with Crippen molar-refractivity contribution in [1.82, 2.24) is 4.90 Å². The fourth-order valence-electron chi connectivity index (χ4n) is 1.77. The molecule has 1 aromatic rings. The molecular weight excluding hydrogens is 230 g/mol. The van der Waals surface area contributed by atoms with Crippen molar-refractivity contribution in [3.8, 4) is 0 Å². The second kappa shape index (κ2) is 4.29. The number of halogens is 1. The Morgan fingerprint density at radius 2 is 2.08 bits per heavy atom. The molecule has 0 unspecified atom stereocenters. The summed E-state index contributed by atoms with van der Waals surface area (Å²) >= 11 is 3.38. The Labute approximate surface area is 87.0 Å². The standard InChI is InChI=1S/C10H14BrNO/c11-9-6-10(13-8-9)7-12-4-2-1-3-5-12/h6,8H,1-5,7H2. The van der Waals surface area contributed by atoms with E-state index < -0.39 is 0 Å². The summed E-state index contributed by atoms with van der Waals surface area (Å²) in [4.78, 5) is 2.45. The Hall–Kier alpha value is -0.280. The lowest BCUT2D eigenvalue weighted by atomic mass is 10.1. The first-order chi connectivity index (χ1) is 6.34. The van der Waals surface area contributed by atoms with Crippen molar-refractivity contribution < 1.29 is 4.42 Å². The highest BCUT2D eigenvalue weighted by atomic mass is 79.9. The van der Waals surface area contributed by atoms with Gasteiger partial charge in [0.25, 0.3) is 0 Å². The molecule has 0 atom stereocenters. The van der Waals surface area contributed by atoms with Crippen molar-refractivity contribution in [1.29, 1.82) is 0 Å². The molecule has 2 heterocycles. The highest BCUT2D eigenvalue weighted by Gasteiger charge is 2.11. The van der Waals surface area contributed by atoms with Gasteiger partial charge in [-0.2, -0.15) is 0 Å². The van der Waals surface area contributed by atoms with E-state index in [0.717, 1.165) is 16.8 Å². The Bertz CT molecular complexity index is 266. The van der Waals surface area contributed by atoms with Gasteiger partial charge in [-0.05, 0) is 47.9 Å². The van der Waals surface area contributed by atoms with Gasteiger partial charge in [-0.25, -0.2) is 0 Å². The third-order valence-corrected chi connectivity index (χ3v) is 2.87. The second-order valence-corrected chi connectivity index (χ2v) is 4.48. The van der Waals surface area contributed by atoms with Crippen LogP contribution >= 0.6 is 15.9 Å². The zero-order valence-electron chi connectivity index (χ0n) is 7.63. The number of likely N-dealkylation sites (tertiary alicyclic amines) is 1. The highest BCUT2D eigenvalue weighted by molar-refractivity contribution is 9.10. The van der Waals surface area contributed by atoms with Crippen LogP contribution in [0, 0.1) is 0 Å². The number of rotatable bonds is 2. The molecule has 0 saturated carbocycles. The van der Waals surface area contributed by atoms with Gasteiger partial charge in [0.05, 0.1) is 11.0 Å². The Kier molecular flexibility index (Phi) is 3.06. The SMILES string of the molecule is Brc1coc(CN2CCCCC2)c1. The van der Waals surface area contributed by atoms with E-state index in [4.69, 9.17) is 4.42 Å². The summed E-state index contributed by atoms with van der Waals surface area (Å²) in [6, 6.07) is 2.05. The predicted molar refractivity (Wildman–Crippen MR) is 55.5 cm³/mol. The average molecular weight is 244 g/mol. The van der Waals surface area contributed by atoms with E-state index in [0.29, 0.717) is 0 Å². The molecule has 0 N–H and O–H groups in total. The third-order valence-electron chi connectivity index (χ3n) is 2.45. The molecule has 72 valence electrons. The molecule has 0 aromatic carbocycles. The summed E-state index contributed by atoms with van der Waals surface area (Å²) < 4.78 is 6.42. The number of hydrogen-bond donors (Lipinski definition) is 0. The molecule has 0 spiro atoms. The van der Waals surface area contributed by atoms with Gasteiger partial charge in [-0.15, -0.1) is 0 Å². The number of nitrogens with zero attached hydrogens (tertiary/aromatic N) is 1. The van der Waals surface area contributed by atoms with Crippen LogP contribution in [-0.2, 0) is 6.54 Å². The lowest BCUT2D eigenvalue weighted by Gasteiger charge is -2.25. The number of piperidine rings is 1. The van der Waals surface area contributed by atoms with Crippen LogP contribution in [0.1, 0.15) is 25.0 Å². The highest BCUT2D eigenvalue weighted by Crippen LogP contribution is 2.17. The minimum atomic E-state index is 0.964. The quantitative estimate of drug-likeness (QED) is 0.795. The van der Waals surface area contributed by atoms with Crippen LogP contribution in [0.4, 0.5) is 0 Å². The molecule has 0 radical (unpaired) electrons. The molecule has 0 bridgehead atoms. The average Bonchev–Trinajstić information content (AvgIpc) is 2.53. The fourth-order valence-corrected chi connectivity index (χ4v) is 2.12. The lowest BCUT2D eigenvalue weighted by Crippen LogP contribution is -2.28. The molecule has 1 fully saturated rings. The molecule has 3 heteroatoms. The first-order valence-electron chi connectivity index (χ1n) is 4.80. The van der Waals surface area contributed by atoms with Crippen molar-refractivity contribution in [3.05, 3.63) is 22.6 Å². The maximum Gasteiger partial charge on any atom is 0.118 e. The summed E-state index contributed by atoms with van der Waals surface area (Å²) in [5.74, 6) is 1.06. The summed E-state index contributed by atoms with van der Waals surface area (Å²) in [6.45, 7) is 3.40. The van der Waals surface area contributed by atoms with Crippen LogP contribution in [0.3, 0.4) is 0 Å². The minimum absolute atomic E-state index is 0.964. The maximum absolute atomic E-state index is 5.38. The molecule has 1 aliphatic rings. The normalized spacial score (nSPS) is 19.2. The summed E-state index contributed by atoms with van der Waals surface area (Å²) in [6.07, 6.45) is 5.81. The third kappa shape index (κ3) is 2.58. The summed E-state index contributed by atoms with van der Waals surface area (Å²) in [5.41, 5.74) is 0.